The third-order valence-electron chi connectivity index (χ3n) is 7.32. The minimum atomic E-state index is 0.987. The summed E-state index contributed by atoms with van der Waals surface area (Å²) in [7, 11) is 0. The lowest BCUT2D eigenvalue weighted by Crippen LogP contribution is -1.95. The lowest BCUT2D eigenvalue weighted by molar-refractivity contribution is 1.18. The molecule has 0 fully saturated rings. The van der Waals surface area contributed by atoms with E-state index in [1.807, 2.05) is 41.9 Å². The second kappa shape index (κ2) is 8.37. The van der Waals surface area contributed by atoms with Gasteiger partial charge in [0, 0.05) is 49.2 Å². The fourth-order valence-electron chi connectivity index (χ4n) is 5.56. The van der Waals surface area contributed by atoms with Gasteiger partial charge < -0.3 is 4.57 Å². The van der Waals surface area contributed by atoms with Crippen LogP contribution < -0.4 is 0 Å². The minimum Gasteiger partial charge on any atom is -0.307 e. The predicted octanol–water partition coefficient (Wildman–Crippen LogP) is 9.28. The number of hydrogen-bond acceptors (Lipinski definition) is 3. The van der Waals surface area contributed by atoms with Gasteiger partial charge in [-0.1, -0.05) is 60.7 Å². The number of fused-ring (bicyclic) bond motifs is 7. The number of benzene rings is 4. The Morgan fingerprint density at radius 3 is 2.16 bits per heavy atom. The van der Waals surface area contributed by atoms with Crippen molar-refractivity contribution in [2.24, 2.45) is 0 Å². The molecule has 0 amide bonds. The summed E-state index contributed by atoms with van der Waals surface area (Å²) in [6, 6.07) is 40.9. The highest BCUT2D eigenvalue weighted by molar-refractivity contribution is 7.26. The van der Waals surface area contributed by atoms with Gasteiger partial charge in [-0.2, -0.15) is 0 Å². The topological polar surface area (TPSA) is 30.7 Å². The first-order valence-electron chi connectivity index (χ1n) is 12.7. The summed E-state index contributed by atoms with van der Waals surface area (Å²) < 4.78 is 4.99. The van der Waals surface area contributed by atoms with Gasteiger partial charge >= 0.3 is 0 Å². The van der Waals surface area contributed by atoms with Gasteiger partial charge in [0.1, 0.15) is 0 Å². The predicted molar refractivity (Wildman–Crippen MR) is 160 cm³/mol. The van der Waals surface area contributed by atoms with Crippen LogP contribution in [0.15, 0.2) is 128 Å². The van der Waals surface area contributed by atoms with Crippen molar-refractivity contribution in [3.8, 4) is 28.1 Å². The van der Waals surface area contributed by atoms with Gasteiger partial charge in [0.05, 0.1) is 22.2 Å². The molecular weight excluding hydrogens is 482 g/mol. The molecule has 0 spiro atoms. The first-order valence-corrected chi connectivity index (χ1v) is 13.5. The van der Waals surface area contributed by atoms with Gasteiger partial charge in [0.15, 0.2) is 0 Å². The molecule has 8 rings (SSSR count). The SMILES string of the molecule is c1ccc(-c2ccc3c(n2)c2ccc4sc5ccccc5c4c2n3-c2ccc(-c3ccncc3)cc2)cc1. The summed E-state index contributed by atoms with van der Waals surface area (Å²) in [6.07, 6.45) is 3.68. The van der Waals surface area contributed by atoms with E-state index in [-0.39, 0.29) is 0 Å². The average Bonchev–Trinajstić information content (AvgIpc) is 3.53. The van der Waals surface area contributed by atoms with Crippen LogP contribution >= 0.6 is 11.3 Å². The van der Waals surface area contributed by atoms with Crippen LogP contribution in [0, 0.1) is 0 Å². The van der Waals surface area contributed by atoms with E-state index in [2.05, 4.69) is 107 Å². The van der Waals surface area contributed by atoms with Crippen LogP contribution in [-0.4, -0.2) is 14.5 Å². The molecule has 0 radical (unpaired) electrons. The molecule has 0 unspecified atom stereocenters. The Kier molecular flexibility index (Phi) is 4.69. The maximum absolute atomic E-state index is 5.23. The molecule has 0 saturated heterocycles. The normalized spacial score (nSPS) is 11.7. The lowest BCUT2D eigenvalue weighted by atomic mass is 10.1. The van der Waals surface area contributed by atoms with E-state index >= 15 is 0 Å². The van der Waals surface area contributed by atoms with Crippen LogP contribution in [-0.2, 0) is 0 Å². The van der Waals surface area contributed by atoms with Crippen molar-refractivity contribution in [2.45, 2.75) is 0 Å². The monoisotopic (exact) mass is 503 g/mol. The molecular formula is C34H21N3S. The van der Waals surface area contributed by atoms with E-state index in [9.17, 15) is 0 Å². The quantitative estimate of drug-likeness (QED) is 0.240. The number of aromatic nitrogens is 3. The Morgan fingerprint density at radius 2 is 1.32 bits per heavy atom. The zero-order chi connectivity index (χ0) is 25.1. The van der Waals surface area contributed by atoms with Crippen molar-refractivity contribution in [2.75, 3.05) is 0 Å². The van der Waals surface area contributed by atoms with Crippen molar-refractivity contribution >= 4 is 53.4 Å². The summed E-state index contributed by atoms with van der Waals surface area (Å²) in [6.45, 7) is 0. The Morgan fingerprint density at radius 1 is 0.553 bits per heavy atom. The molecule has 0 aliphatic heterocycles. The molecule has 4 heteroatoms. The zero-order valence-corrected chi connectivity index (χ0v) is 21.2. The highest BCUT2D eigenvalue weighted by Crippen LogP contribution is 2.43. The lowest BCUT2D eigenvalue weighted by Gasteiger charge is -2.10. The number of rotatable bonds is 3. The summed E-state index contributed by atoms with van der Waals surface area (Å²) >= 11 is 1.85. The fraction of sp³-hybridized carbons (Fsp3) is 0. The van der Waals surface area contributed by atoms with Gasteiger partial charge in [-0.25, -0.2) is 4.98 Å². The molecule has 0 saturated carbocycles. The molecule has 8 aromatic rings. The molecule has 4 heterocycles. The number of nitrogens with zero attached hydrogens (tertiary/aromatic N) is 3. The van der Waals surface area contributed by atoms with Crippen LogP contribution in [0.1, 0.15) is 0 Å². The minimum absolute atomic E-state index is 0.987. The first kappa shape index (κ1) is 21.3. The standard InChI is InChI=1S/C34H21N3S/c1-2-6-24(7-3-1)28-15-16-29-33(36-28)27-14-17-31-32(26-8-4-5-9-30(26)38-31)34(27)37(29)25-12-10-22(11-13-25)23-18-20-35-21-19-23/h1-21H. The third-order valence-corrected chi connectivity index (χ3v) is 8.45. The average molecular weight is 504 g/mol. The molecule has 0 bridgehead atoms. The molecule has 38 heavy (non-hydrogen) atoms. The molecule has 4 aromatic heterocycles. The van der Waals surface area contributed by atoms with E-state index in [1.54, 1.807) is 0 Å². The highest BCUT2D eigenvalue weighted by atomic mass is 32.1. The summed E-state index contributed by atoms with van der Waals surface area (Å²) in [5.74, 6) is 0. The van der Waals surface area contributed by atoms with E-state index in [1.165, 1.54) is 36.6 Å². The van der Waals surface area contributed by atoms with Gasteiger partial charge in [0.25, 0.3) is 0 Å². The molecule has 0 atom stereocenters. The Bertz CT molecular complexity index is 2110. The van der Waals surface area contributed by atoms with E-state index < -0.39 is 0 Å². The second-order valence-corrected chi connectivity index (χ2v) is 10.6. The number of thiophene rings is 1. The van der Waals surface area contributed by atoms with Crippen LogP contribution in [0.2, 0.25) is 0 Å². The van der Waals surface area contributed by atoms with Crippen LogP contribution in [0.25, 0.3) is 70.2 Å². The van der Waals surface area contributed by atoms with Crippen LogP contribution in [0.5, 0.6) is 0 Å². The van der Waals surface area contributed by atoms with E-state index in [0.29, 0.717) is 0 Å². The van der Waals surface area contributed by atoms with Crippen molar-refractivity contribution in [1.29, 1.82) is 0 Å². The van der Waals surface area contributed by atoms with Crippen LogP contribution in [0.4, 0.5) is 0 Å². The van der Waals surface area contributed by atoms with Crippen LogP contribution in [0.3, 0.4) is 0 Å². The van der Waals surface area contributed by atoms with E-state index in [0.717, 1.165) is 33.5 Å². The maximum atomic E-state index is 5.23. The summed E-state index contributed by atoms with van der Waals surface area (Å²) in [5, 5.41) is 3.76. The second-order valence-electron chi connectivity index (χ2n) is 9.48. The van der Waals surface area contributed by atoms with Crippen molar-refractivity contribution in [3.63, 3.8) is 0 Å². The fourth-order valence-corrected chi connectivity index (χ4v) is 6.67. The molecule has 0 aliphatic carbocycles. The largest absolute Gasteiger partial charge is 0.307 e. The molecule has 0 N–H and O–H groups in total. The summed E-state index contributed by atoms with van der Waals surface area (Å²) in [4.78, 5) is 9.40. The first-order chi connectivity index (χ1) is 18.8. The Labute approximate surface area is 223 Å². The maximum Gasteiger partial charge on any atom is 0.0971 e. The van der Waals surface area contributed by atoms with Crippen molar-refractivity contribution < 1.29 is 0 Å². The van der Waals surface area contributed by atoms with Gasteiger partial charge in [-0.3, -0.25) is 4.98 Å². The van der Waals surface area contributed by atoms with Gasteiger partial charge in [0.2, 0.25) is 0 Å². The molecule has 4 aromatic carbocycles. The molecule has 3 nitrogen and oxygen atoms in total. The Hall–Kier alpha value is -4.80. The molecule has 0 aliphatic rings. The molecule has 178 valence electrons. The van der Waals surface area contributed by atoms with Gasteiger partial charge in [-0.15, -0.1) is 11.3 Å². The smallest absolute Gasteiger partial charge is 0.0971 e. The van der Waals surface area contributed by atoms with Crippen molar-refractivity contribution in [1.82, 2.24) is 14.5 Å². The third kappa shape index (κ3) is 3.21. The highest BCUT2D eigenvalue weighted by Gasteiger charge is 2.19. The Balaban J connectivity index is 1.46. The summed E-state index contributed by atoms with van der Waals surface area (Å²) in [5.41, 5.74) is 8.92. The van der Waals surface area contributed by atoms with E-state index in [4.69, 9.17) is 4.98 Å². The van der Waals surface area contributed by atoms with Crippen molar-refractivity contribution in [3.05, 3.63) is 128 Å². The number of pyridine rings is 2. The zero-order valence-electron chi connectivity index (χ0n) is 20.4. The number of hydrogen-bond donors (Lipinski definition) is 0. The van der Waals surface area contributed by atoms with Gasteiger partial charge in [-0.05, 0) is 65.7 Å².